The molecule has 0 amide bonds. The van der Waals surface area contributed by atoms with Crippen LogP contribution < -0.4 is 4.74 Å². The van der Waals surface area contributed by atoms with E-state index in [4.69, 9.17) is 21.1 Å². The number of halogens is 1. The Labute approximate surface area is 195 Å². The Morgan fingerprint density at radius 3 is 2.64 bits per heavy atom. The molecule has 7 heteroatoms. The molecule has 164 valence electrons. The molecule has 3 aliphatic rings. The minimum atomic E-state index is -1.60. The highest BCUT2D eigenvalue weighted by Crippen LogP contribution is 2.84. The van der Waals surface area contributed by atoms with E-state index < -0.39 is 28.5 Å². The molecule has 33 heavy (non-hydrogen) atoms. The van der Waals surface area contributed by atoms with E-state index in [1.807, 2.05) is 30.3 Å². The van der Waals surface area contributed by atoms with E-state index in [-0.39, 0.29) is 5.97 Å². The maximum absolute atomic E-state index is 13.3. The van der Waals surface area contributed by atoms with Crippen molar-refractivity contribution >= 4 is 17.6 Å². The Hall–Kier alpha value is -3.40. The topological polar surface area (TPSA) is 92.4 Å². The van der Waals surface area contributed by atoms with Crippen molar-refractivity contribution in [2.24, 2.45) is 11.3 Å². The lowest BCUT2D eigenvalue weighted by Gasteiger charge is -2.43. The van der Waals surface area contributed by atoms with Gasteiger partial charge in [0.05, 0.1) is 29.2 Å². The zero-order chi connectivity index (χ0) is 23.0. The van der Waals surface area contributed by atoms with Crippen LogP contribution in [0.1, 0.15) is 34.7 Å². The van der Waals surface area contributed by atoms with Crippen LogP contribution in [-0.2, 0) is 20.7 Å². The van der Waals surface area contributed by atoms with Crippen molar-refractivity contribution in [3.63, 3.8) is 0 Å². The third-order valence-electron chi connectivity index (χ3n) is 7.59. The molecule has 1 aliphatic heterocycles. The molecule has 0 unspecified atom stereocenters. The number of aromatic nitrogens is 1. The molecular weight excluding hydrogens is 440 g/mol. The third-order valence-corrected chi connectivity index (χ3v) is 7.79. The first-order valence-corrected chi connectivity index (χ1v) is 11.0. The van der Waals surface area contributed by atoms with Gasteiger partial charge in [0.1, 0.15) is 11.4 Å². The van der Waals surface area contributed by atoms with Gasteiger partial charge in [-0.2, -0.15) is 5.26 Å². The number of carbonyl (C=O) groups excluding carboxylic acids is 1. The second kappa shape index (κ2) is 6.57. The van der Waals surface area contributed by atoms with Crippen molar-refractivity contribution in [2.75, 3.05) is 7.11 Å². The summed E-state index contributed by atoms with van der Waals surface area (Å²) in [7, 11) is 1.37. The van der Waals surface area contributed by atoms with Crippen LogP contribution in [0.5, 0.6) is 5.75 Å². The lowest BCUT2D eigenvalue weighted by molar-refractivity contribution is -0.150. The minimum absolute atomic E-state index is 0.366. The SMILES string of the molecule is COC(=O)[C@@]12C[C@@H]1[C@@]1(O)c3ncc(Cl)cc3O[C@@]1(c1ccc(C#N)cc1)[C@@H]2c1ccccc1. The molecule has 2 saturated carbocycles. The molecule has 2 fully saturated rings. The first-order valence-electron chi connectivity index (χ1n) is 10.6. The summed E-state index contributed by atoms with van der Waals surface area (Å²) in [6.07, 6.45) is 1.93. The Morgan fingerprint density at radius 1 is 1.24 bits per heavy atom. The number of carbonyl (C=O) groups is 1. The van der Waals surface area contributed by atoms with Gasteiger partial charge in [-0.05, 0) is 29.7 Å². The predicted molar refractivity (Wildman–Crippen MR) is 118 cm³/mol. The van der Waals surface area contributed by atoms with Crippen LogP contribution >= 0.6 is 11.6 Å². The molecule has 2 heterocycles. The fraction of sp³-hybridized carbons (Fsp3) is 0.269. The highest BCUT2D eigenvalue weighted by Gasteiger charge is 2.90. The number of fused-ring (bicyclic) bond motifs is 5. The molecule has 3 aromatic rings. The second-order valence-electron chi connectivity index (χ2n) is 8.93. The Morgan fingerprint density at radius 2 is 1.97 bits per heavy atom. The van der Waals surface area contributed by atoms with E-state index in [9.17, 15) is 15.2 Å². The van der Waals surface area contributed by atoms with Crippen LogP contribution in [-0.4, -0.2) is 23.2 Å². The quantitative estimate of drug-likeness (QED) is 0.595. The summed E-state index contributed by atoms with van der Waals surface area (Å²) in [6.45, 7) is 0. The summed E-state index contributed by atoms with van der Waals surface area (Å²) in [5.74, 6) is -1.01. The third kappa shape index (κ3) is 2.26. The number of hydrogen-bond acceptors (Lipinski definition) is 6. The number of aliphatic hydroxyl groups is 1. The van der Waals surface area contributed by atoms with Gasteiger partial charge < -0.3 is 14.6 Å². The number of benzene rings is 2. The number of pyridine rings is 1. The van der Waals surface area contributed by atoms with Crippen LogP contribution in [0.4, 0.5) is 0 Å². The molecule has 1 N–H and O–H groups in total. The van der Waals surface area contributed by atoms with Gasteiger partial charge in [0, 0.05) is 24.1 Å². The fourth-order valence-electron chi connectivity index (χ4n) is 6.34. The van der Waals surface area contributed by atoms with Gasteiger partial charge in [-0.1, -0.05) is 54.1 Å². The molecule has 1 aromatic heterocycles. The Balaban J connectivity index is 1.69. The highest BCUT2D eigenvalue weighted by molar-refractivity contribution is 6.30. The van der Waals surface area contributed by atoms with E-state index in [0.717, 1.165) is 5.56 Å². The van der Waals surface area contributed by atoms with Gasteiger partial charge in [-0.25, -0.2) is 0 Å². The van der Waals surface area contributed by atoms with Crippen LogP contribution in [0.3, 0.4) is 0 Å². The first-order chi connectivity index (χ1) is 15.9. The van der Waals surface area contributed by atoms with E-state index in [1.165, 1.54) is 13.3 Å². The summed E-state index contributed by atoms with van der Waals surface area (Å²) in [5.41, 5.74) is -1.58. The normalized spacial score (nSPS) is 32.7. The Kier molecular flexibility index (Phi) is 4.02. The van der Waals surface area contributed by atoms with Gasteiger partial charge in [0.15, 0.2) is 11.2 Å². The number of hydrogen-bond donors (Lipinski definition) is 1. The average molecular weight is 459 g/mol. The van der Waals surface area contributed by atoms with Crippen molar-refractivity contribution in [3.05, 3.63) is 94.3 Å². The number of nitriles is 1. The van der Waals surface area contributed by atoms with Crippen molar-refractivity contribution in [2.45, 2.75) is 23.5 Å². The largest absolute Gasteiger partial charge is 0.476 e. The molecule has 6 rings (SSSR count). The Bertz CT molecular complexity index is 1340. The standard InChI is InChI=1S/C26H19ClN2O4/c1-32-23(30)24-12-20(24)25(31)22-19(11-18(27)14-29-22)33-26(25,17-9-7-15(13-28)8-10-17)21(24)16-5-3-2-4-6-16/h2-11,14,20-21,31H,12H2,1H3/t20-,21+,24-,25+,26-/m0/s1. The van der Waals surface area contributed by atoms with Gasteiger partial charge in [0.25, 0.3) is 0 Å². The predicted octanol–water partition coefficient (Wildman–Crippen LogP) is 4.06. The van der Waals surface area contributed by atoms with Crippen LogP contribution in [0, 0.1) is 22.7 Å². The summed E-state index contributed by atoms with van der Waals surface area (Å²) >= 11 is 6.22. The van der Waals surface area contributed by atoms with E-state index >= 15 is 0 Å². The molecule has 2 aromatic carbocycles. The van der Waals surface area contributed by atoms with E-state index in [1.54, 1.807) is 30.3 Å². The van der Waals surface area contributed by atoms with Crippen LogP contribution in [0.2, 0.25) is 5.02 Å². The molecule has 0 spiro atoms. The number of nitrogens with zero attached hydrogens (tertiary/aromatic N) is 2. The first kappa shape index (κ1) is 20.2. The van der Waals surface area contributed by atoms with Crippen molar-refractivity contribution in [1.29, 1.82) is 5.26 Å². The smallest absolute Gasteiger partial charge is 0.313 e. The van der Waals surface area contributed by atoms with E-state index in [0.29, 0.717) is 34.0 Å². The minimum Gasteiger partial charge on any atom is -0.476 e. The maximum Gasteiger partial charge on any atom is 0.313 e. The zero-order valence-corrected chi connectivity index (χ0v) is 18.4. The van der Waals surface area contributed by atoms with Gasteiger partial charge in [-0.3, -0.25) is 9.78 Å². The molecule has 0 saturated heterocycles. The van der Waals surface area contributed by atoms with Crippen molar-refractivity contribution < 1.29 is 19.4 Å². The maximum atomic E-state index is 13.3. The summed E-state index contributed by atoms with van der Waals surface area (Å²) < 4.78 is 11.9. The van der Waals surface area contributed by atoms with Crippen LogP contribution in [0.15, 0.2) is 66.9 Å². The molecule has 0 radical (unpaired) electrons. The number of esters is 1. The number of methoxy groups -OCH3 is 1. The fourth-order valence-corrected chi connectivity index (χ4v) is 6.49. The highest BCUT2D eigenvalue weighted by atomic mass is 35.5. The molecule has 5 atom stereocenters. The zero-order valence-electron chi connectivity index (χ0n) is 17.7. The summed E-state index contributed by atoms with van der Waals surface area (Å²) in [6, 6.07) is 20.3. The molecule has 6 nitrogen and oxygen atoms in total. The number of rotatable bonds is 3. The van der Waals surface area contributed by atoms with E-state index in [2.05, 4.69) is 11.1 Å². The van der Waals surface area contributed by atoms with Crippen LogP contribution in [0.25, 0.3) is 0 Å². The monoisotopic (exact) mass is 458 g/mol. The molecular formula is C26H19ClN2O4. The average Bonchev–Trinajstić information content (AvgIpc) is 3.49. The van der Waals surface area contributed by atoms with Crippen molar-refractivity contribution in [1.82, 2.24) is 4.98 Å². The van der Waals surface area contributed by atoms with Gasteiger partial charge in [-0.15, -0.1) is 0 Å². The summed E-state index contributed by atoms with van der Waals surface area (Å²) in [5, 5.41) is 22.3. The number of ether oxygens (including phenoxy) is 2. The van der Waals surface area contributed by atoms with Crippen molar-refractivity contribution in [3.8, 4) is 11.8 Å². The lowest BCUT2D eigenvalue weighted by atomic mass is 9.67. The molecule has 0 bridgehead atoms. The summed E-state index contributed by atoms with van der Waals surface area (Å²) in [4.78, 5) is 17.8. The molecule has 2 aliphatic carbocycles. The van der Waals surface area contributed by atoms with Gasteiger partial charge in [0.2, 0.25) is 0 Å². The van der Waals surface area contributed by atoms with Gasteiger partial charge >= 0.3 is 5.97 Å². The lowest BCUT2D eigenvalue weighted by Crippen LogP contribution is -2.51. The second-order valence-corrected chi connectivity index (χ2v) is 9.36.